The average Bonchev–Trinajstić information content (AvgIpc) is 3.04. The van der Waals surface area contributed by atoms with Crippen LogP contribution in [-0.4, -0.2) is 59.8 Å². The van der Waals surface area contributed by atoms with Gasteiger partial charge >= 0.3 is 6.09 Å². The van der Waals surface area contributed by atoms with Crippen molar-refractivity contribution in [2.45, 2.75) is 52.7 Å². The number of benzene rings is 1. The van der Waals surface area contributed by atoms with Crippen LogP contribution in [0.25, 0.3) is 10.9 Å². The molecule has 0 spiro atoms. The molecule has 0 saturated carbocycles. The standard InChI is InChI=1S/C17H23N3O4.C4H8O2/c1-16(2,3)23-15(22)20-13-8-7-11(10-21)9-12(13)14(18-20)19-24-17(4,5)6;1-2-6-4-3-5-1/h7-10H,1-6H3,(H,18,19);1-4H2. The second-order valence-corrected chi connectivity index (χ2v) is 8.68. The van der Waals surface area contributed by atoms with Crippen molar-refractivity contribution >= 4 is 29.1 Å². The van der Waals surface area contributed by atoms with Crippen LogP contribution in [0, 0.1) is 0 Å². The molecular weight excluding hydrogens is 390 g/mol. The highest BCUT2D eigenvalue weighted by atomic mass is 16.7. The minimum absolute atomic E-state index is 0.342. The Balaban J connectivity index is 0.000000456. The first-order chi connectivity index (χ1) is 14.0. The van der Waals surface area contributed by atoms with Crippen LogP contribution in [-0.2, 0) is 19.0 Å². The third-order valence-electron chi connectivity index (χ3n) is 3.60. The molecule has 1 saturated heterocycles. The normalized spacial score (nSPS) is 14.6. The zero-order chi connectivity index (χ0) is 22.4. The van der Waals surface area contributed by atoms with Gasteiger partial charge in [0.1, 0.15) is 11.9 Å². The Bertz CT molecular complexity index is 848. The molecule has 0 radical (unpaired) electrons. The van der Waals surface area contributed by atoms with Crippen LogP contribution in [0.15, 0.2) is 18.2 Å². The summed E-state index contributed by atoms with van der Waals surface area (Å²) in [7, 11) is 0. The molecule has 3 rings (SSSR count). The number of ether oxygens (including phenoxy) is 3. The van der Waals surface area contributed by atoms with Crippen molar-refractivity contribution in [1.29, 1.82) is 0 Å². The molecule has 0 atom stereocenters. The van der Waals surface area contributed by atoms with Gasteiger partial charge in [-0.1, -0.05) is 0 Å². The number of carbonyl (C=O) groups excluding carboxylic acids is 2. The van der Waals surface area contributed by atoms with E-state index in [0.717, 1.165) is 37.4 Å². The Morgan fingerprint density at radius 1 is 1.07 bits per heavy atom. The third-order valence-corrected chi connectivity index (χ3v) is 3.60. The number of anilines is 1. The van der Waals surface area contributed by atoms with Gasteiger partial charge in [-0.05, 0) is 59.7 Å². The predicted octanol–water partition coefficient (Wildman–Crippen LogP) is 3.81. The summed E-state index contributed by atoms with van der Waals surface area (Å²) in [4.78, 5) is 28.9. The number of nitrogens with zero attached hydrogens (tertiary/aromatic N) is 2. The van der Waals surface area contributed by atoms with Crippen LogP contribution < -0.4 is 5.48 Å². The van der Waals surface area contributed by atoms with Gasteiger partial charge < -0.3 is 14.2 Å². The van der Waals surface area contributed by atoms with Crippen LogP contribution >= 0.6 is 0 Å². The van der Waals surface area contributed by atoms with Gasteiger partial charge in [-0.15, -0.1) is 5.10 Å². The minimum atomic E-state index is -0.645. The molecule has 9 heteroatoms. The monoisotopic (exact) mass is 421 g/mol. The Labute approximate surface area is 176 Å². The fraction of sp³-hybridized carbons (Fsp3) is 0.571. The fourth-order valence-corrected chi connectivity index (χ4v) is 2.37. The lowest BCUT2D eigenvalue weighted by atomic mass is 10.1. The molecule has 1 aliphatic rings. The number of hydrogen-bond acceptors (Lipinski definition) is 8. The first-order valence-electron chi connectivity index (χ1n) is 9.81. The predicted molar refractivity (Wildman–Crippen MR) is 113 cm³/mol. The van der Waals surface area contributed by atoms with Gasteiger partial charge in [-0.3, -0.25) is 9.63 Å². The number of rotatable bonds is 3. The molecule has 1 aliphatic heterocycles. The van der Waals surface area contributed by atoms with Crippen LogP contribution in [0.2, 0.25) is 0 Å². The Kier molecular flexibility index (Phi) is 7.94. The van der Waals surface area contributed by atoms with Crippen LogP contribution in [0.3, 0.4) is 0 Å². The average molecular weight is 421 g/mol. The third kappa shape index (κ3) is 7.40. The molecule has 0 unspecified atom stereocenters. The zero-order valence-electron chi connectivity index (χ0n) is 18.5. The maximum Gasteiger partial charge on any atom is 0.435 e. The molecule has 0 aliphatic carbocycles. The van der Waals surface area contributed by atoms with E-state index >= 15 is 0 Å². The summed E-state index contributed by atoms with van der Waals surface area (Å²) >= 11 is 0. The van der Waals surface area contributed by atoms with Crippen molar-refractivity contribution in [2.24, 2.45) is 0 Å². The summed E-state index contributed by atoms with van der Waals surface area (Å²) in [5, 5.41) is 4.83. The number of aromatic nitrogens is 2. The number of hydrogen-bond donors (Lipinski definition) is 1. The topological polar surface area (TPSA) is 101 Å². The summed E-state index contributed by atoms with van der Waals surface area (Å²) in [5.74, 6) is 0.342. The SMILES string of the molecule is C1COCCO1.CC(C)(C)ONc1nn(C(=O)OC(C)(C)C)c2ccc(C=O)cc12. The van der Waals surface area contributed by atoms with Gasteiger partial charge in [0.15, 0.2) is 5.82 Å². The maximum absolute atomic E-state index is 12.4. The van der Waals surface area contributed by atoms with E-state index in [9.17, 15) is 9.59 Å². The smallest absolute Gasteiger partial charge is 0.435 e. The molecule has 9 nitrogen and oxygen atoms in total. The van der Waals surface area contributed by atoms with Gasteiger partial charge in [0.25, 0.3) is 0 Å². The number of fused-ring (bicyclic) bond motifs is 1. The summed E-state index contributed by atoms with van der Waals surface area (Å²) in [6, 6.07) is 4.91. The van der Waals surface area contributed by atoms with E-state index in [-0.39, 0.29) is 0 Å². The highest BCUT2D eigenvalue weighted by Gasteiger charge is 2.23. The molecule has 1 aromatic carbocycles. The van der Waals surface area contributed by atoms with Crippen LogP contribution in [0.5, 0.6) is 0 Å². The van der Waals surface area contributed by atoms with Gasteiger partial charge in [0.2, 0.25) is 0 Å². The highest BCUT2D eigenvalue weighted by molar-refractivity contribution is 5.98. The quantitative estimate of drug-likeness (QED) is 0.590. The summed E-state index contributed by atoms with van der Waals surface area (Å²) in [6.07, 6.45) is 0.133. The molecule has 1 aromatic heterocycles. The molecule has 30 heavy (non-hydrogen) atoms. The second-order valence-electron chi connectivity index (χ2n) is 8.68. The molecule has 1 N–H and O–H groups in total. The number of carbonyl (C=O) groups is 2. The first kappa shape index (κ1) is 23.8. The zero-order valence-corrected chi connectivity index (χ0v) is 18.5. The summed E-state index contributed by atoms with van der Waals surface area (Å²) < 4.78 is 16.4. The molecule has 0 bridgehead atoms. The highest BCUT2D eigenvalue weighted by Crippen LogP contribution is 2.26. The van der Waals surface area contributed by atoms with E-state index in [4.69, 9.17) is 19.0 Å². The van der Waals surface area contributed by atoms with Crippen molar-refractivity contribution in [3.05, 3.63) is 23.8 Å². The van der Waals surface area contributed by atoms with Gasteiger partial charge in [-0.2, -0.15) is 4.68 Å². The number of nitrogens with one attached hydrogen (secondary N) is 1. The van der Waals surface area contributed by atoms with E-state index in [1.165, 1.54) is 0 Å². The van der Waals surface area contributed by atoms with Gasteiger partial charge in [0.05, 0.1) is 37.5 Å². The summed E-state index contributed by atoms with van der Waals surface area (Å²) in [5.41, 5.74) is 2.66. The van der Waals surface area contributed by atoms with E-state index in [2.05, 4.69) is 10.6 Å². The van der Waals surface area contributed by atoms with Crippen molar-refractivity contribution in [3.63, 3.8) is 0 Å². The van der Waals surface area contributed by atoms with Crippen molar-refractivity contribution in [2.75, 3.05) is 31.9 Å². The lowest BCUT2D eigenvalue weighted by molar-refractivity contribution is -0.0334. The van der Waals surface area contributed by atoms with E-state index < -0.39 is 17.3 Å². The van der Waals surface area contributed by atoms with Crippen LogP contribution in [0.4, 0.5) is 10.6 Å². The molecule has 2 heterocycles. The molecular formula is C21H31N3O6. The largest absolute Gasteiger partial charge is 0.442 e. The minimum Gasteiger partial charge on any atom is -0.442 e. The van der Waals surface area contributed by atoms with Gasteiger partial charge in [0, 0.05) is 10.9 Å². The Morgan fingerprint density at radius 3 is 2.13 bits per heavy atom. The maximum atomic E-state index is 12.4. The number of aldehydes is 1. The Morgan fingerprint density at radius 2 is 1.67 bits per heavy atom. The molecule has 1 fully saturated rings. The second kappa shape index (κ2) is 10.0. The lowest BCUT2D eigenvalue weighted by Crippen LogP contribution is -2.28. The molecule has 2 aromatic rings. The molecule has 0 amide bonds. The lowest BCUT2D eigenvalue weighted by Gasteiger charge is -2.19. The van der Waals surface area contributed by atoms with E-state index in [1.807, 2.05) is 20.8 Å². The van der Waals surface area contributed by atoms with Gasteiger partial charge in [-0.25, -0.2) is 10.3 Å². The van der Waals surface area contributed by atoms with Crippen molar-refractivity contribution < 1.29 is 28.6 Å². The first-order valence-corrected chi connectivity index (χ1v) is 9.81. The van der Waals surface area contributed by atoms with Crippen molar-refractivity contribution in [1.82, 2.24) is 9.78 Å². The van der Waals surface area contributed by atoms with E-state index in [0.29, 0.717) is 22.3 Å². The Hall–Kier alpha value is -2.49. The molecule has 166 valence electrons. The van der Waals surface area contributed by atoms with Crippen LogP contribution in [0.1, 0.15) is 51.9 Å². The summed E-state index contributed by atoms with van der Waals surface area (Å²) in [6.45, 7) is 14.1. The fourth-order valence-electron chi connectivity index (χ4n) is 2.37. The van der Waals surface area contributed by atoms with E-state index in [1.54, 1.807) is 39.0 Å². The van der Waals surface area contributed by atoms with Crippen molar-refractivity contribution in [3.8, 4) is 0 Å².